The number of nitrogens with one attached hydrogen (secondary N) is 1. The molecule has 0 fully saturated rings. The number of hydrogen-bond acceptors (Lipinski definition) is 3. The van der Waals surface area contributed by atoms with Crippen molar-refractivity contribution in [2.45, 2.75) is 6.92 Å². The second-order valence-electron chi connectivity index (χ2n) is 6.38. The summed E-state index contributed by atoms with van der Waals surface area (Å²) in [6.45, 7) is 1.99. The van der Waals surface area contributed by atoms with E-state index in [1.165, 1.54) is 0 Å². The van der Waals surface area contributed by atoms with Crippen LogP contribution in [0, 0.1) is 6.92 Å². The zero-order chi connectivity index (χ0) is 18.3. The fourth-order valence-corrected chi connectivity index (χ4v) is 3.07. The normalized spacial score (nSPS) is 11.0. The van der Waals surface area contributed by atoms with Gasteiger partial charge in [0.15, 0.2) is 0 Å². The summed E-state index contributed by atoms with van der Waals surface area (Å²) < 4.78 is 3.57. The van der Waals surface area contributed by atoms with Gasteiger partial charge in [-0.3, -0.25) is 9.48 Å². The van der Waals surface area contributed by atoms with Crippen molar-refractivity contribution in [1.29, 1.82) is 0 Å². The van der Waals surface area contributed by atoms with Crippen molar-refractivity contribution in [1.82, 2.24) is 19.3 Å². The monoisotopic (exact) mass is 345 g/mol. The van der Waals surface area contributed by atoms with Gasteiger partial charge in [-0.1, -0.05) is 12.1 Å². The van der Waals surface area contributed by atoms with Crippen molar-refractivity contribution in [2.75, 3.05) is 5.32 Å². The lowest BCUT2D eigenvalue weighted by molar-refractivity contribution is 0.101. The first-order valence-corrected chi connectivity index (χ1v) is 8.34. The molecule has 4 rings (SSSR count). The van der Waals surface area contributed by atoms with Gasteiger partial charge in [0.25, 0.3) is 5.91 Å². The minimum absolute atomic E-state index is 0.169. The van der Waals surface area contributed by atoms with Crippen LogP contribution in [0.5, 0.6) is 0 Å². The average molecular weight is 345 g/mol. The van der Waals surface area contributed by atoms with Crippen molar-refractivity contribution in [2.24, 2.45) is 14.1 Å². The Hall–Kier alpha value is -3.41. The van der Waals surface area contributed by atoms with E-state index < -0.39 is 0 Å². The molecule has 0 bridgehead atoms. The van der Waals surface area contributed by atoms with E-state index in [1.54, 1.807) is 24.0 Å². The molecule has 0 unspecified atom stereocenters. The van der Waals surface area contributed by atoms with E-state index >= 15 is 0 Å². The van der Waals surface area contributed by atoms with Gasteiger partial charge < -0.3 is 9.88 Å². The van der Waals surface area contributed by atoms with Gasteiger partial charge in [-0.05, 0) is 53.9 Å². The summed E-state index contributed by atoms with van der Waals surface area (Å²) >= 11 is 0. The molecule has 0 spiro atoms. The second-order valence-corrected chi connectivity index (χ2v) is 6.38. The predicted octanol–water partition coefficient (Wildman–Crippen LogP) is 3.53. The molecule has 0 saturated heterocycles. The SMILES string of the molecule is Cc1cc(-c2ccc3ncn(C)c3c2)ccc1NC(=O)c1ccnn1C. The molecule has 0 aliphatic heterocycles. The number of rotatable bonds is 3. The number of hydrogen-bond donors (Lipinski definition) is 1. The van der Waals surface area contributed by atoms with E-state index in [4.69, 9.17) is 0 Å². The van der Waals surface area contributed by atoms with E-state index in [9.17, 15) is 4.79 Å². The summed E-state index contributed by atoms with van der Waals surface area (Å²) in [5.41, 5.74) is 6.61. The van der Waals surface area contributed by atoms with Gasteiger partial charge in [0.05, 0.1) is 17.4 Å². The number of anilines is 1. The van der Waals surface area contributed by atoms with Crippen LogP contribution >= 0.6 is 0 Å². The Bertz CT molecular complexity index is 1120. The van der Waals surface area contributed by atoms with Crippen LogP contribution in [0.4, 0.5) is 5.69 Å². The van der Waals surface area contributed by atoms with Gasteiger partial charge in [-0.25, -0.2) is 4.98 Å². The minimum Gasteiger partial charge on any atom is -0.334 e. The Balaban J connectivity index is 1.63. The Morgan fingerprint density at radius 1 is 1.04 bits per heavy atom. The molecule has 130 valence electrons. The second kappa shape index (κ2) is 6.15. The Morgan fingerprint density at radius 2 is 1.81 bits per heavy atom. The van der Waals surface area contributed by atoms with Gasteiger partial charge in [-0.2, -0.15) is 5.10 Å². The standard InChI is InChI=1S/C20H19N5O/c1-13-10-14(15-5-7-17-19(11-15)24(2)12-21-17)4-6-16(13)23-20(26)18-8-9-22-25(18)3/h4-12H,1-3H3,(H,23,26). The lowest BCUT2D eigenvalue weighted by Crippen LogP contribution is -2.16. The van der Waals surface area contributed by atoms with Crippen LogP contribution in [0.25, 0.3) is 22.2 Å². The molecule has 2 heterocycles. The number of nitrogens with zero attached hydrogens (tertiary/aromatic N) is 4. The summed E-state index contributed by atoms with van der Waals surface area (Å²) in [5.74, 6) is -0.169. The van der Waals surface area contributed by atoms with Gasteiger partial charge in [-0.15, -0.1) is 0 Å². The van der Waals surface area contributed by atoms with Crippen molar-refractivity contribution in [3.8, 4) is 11.1 Å². The first-order chi connectivity index (χ1) is 12.5. The summed E-state index contributed by atoms with van der Waals surface area (Å²) in [7, 11) is 3.74. The molecule has 26 heavy (non-hydrogen) atoms. The third kappa shape index (κ3) is 2.75. The molecule has 0 atom stereocenters. The zero-order valence-corrected chi connectivity index (χ0v) is 14.9. The van der Waals surface area contributed by atoms with Crippen LogP contribution in [0.1, 0.15) is 16.1 Å². The van der Waals surface area contributed by atoms with E-state index in [2.05, 4.69) is 33.6 Å². The van der Waals surface area contributed by atoms with Crippen LogP contribution in [0.3, 0.4) is 0 Å². The van der Waals surface area contributed by atoms with E-state index in [-0.39, 0.29) is 5.91 Å². The Morgan fingerprint density at radius 3 is 2.54 bits per heavy atom. The molecule has 0 aliphatic rings. The van der Waals surface area contributed by atoms with E-state index in [0.29, 0.717) is 5.69 Å². The number of benzene rings is 2. The number of aryl methyl sites for hydroxylation is 3. The number of imidazole rings is 1. The first-order valence-electron chi connectivity index (χ1n) is 8.34. The van der Waals surface area contributed by atoms with Crippen molar-refractivity contribution in [3.63, 3.8) is 0 Å². The minimum atomic E-state index is -0.169. The summed E-state index contributed by atoms with van der Waals surface area (Å²) in [5, 5.41) is 6.98. The van der Waals surface area contributed by atoms with Gasteiger partial charge in [0, 0.05) is 26.0 Å². The predicted molar refractivity (Wildman–Crippen MR) is 102 cm³/mol. The van der Waals surface area contributed by atoms with Crippen molar-refractivity contribution < 1.29 is 4.79 Å². The average Bonchev–Trinajstić information content (AvgIpc) is 3.22. The third-order valence-electron chi connectivity index (χ3n) is 4.59. The maximum absolute atomic E-state index is 12.4. The maximum Gasteiger partial charge on any atom is 0.273 e. The van der Waals surface area contributed by atoms with Gasteiger partial charge >= 0.3 is 0 Å². The molecule has 2 aromatic heterocycles. The van der Waals surface area contributed by atoms with Crippen LogP contribution in [-0.4, -0.2) is 25.2 Å². The van der Waals surface area contributed by atoms with Crippen LogP contribution in [0.15, 0.2) is 55.0 Å². The number of fused-ring (bicyclic) bond motifs is 1. The van der Waals surface area contributed by atoms with Crippen molar-refractivity contribution in [3.05, 3.63) is 66.2 Å². The highest BCUT2D eigenvalue weighted by Gasteiger charge is 2.12. The Kier molecular flexibility index (Phi) is 3.80. The highest BCUT2D eigenvalue weighted by Crippen LogP contribution is 2.27. The number of aromatic nitrogens is 4. The van der Waals surface area contributed by atoms with Crippen molar-refractivity contribution >= 4 is 22.6 Å². The molecule has 6 heteroatoms. The molecule has 2 aromatic carbocycles. The quantitative estimate of drug-likeness (QED) is 0.618. The topological polar surface area (TPSA) is 64.7 Å². The number of carbonyl (C=O) groups excluding carboxylic acids is 1. The first kappa shape index (κ1) is 16.1. The lowest BCUT2D eigenvalue weighted by atomic mass is 10.0. The maximum atomic E-state index is 12.4. The highest BCUT2D eigenvalue weighted by atomic mass is 16.2. The Labute approximate surface area is 151 Å². The molecular formula is C20H19N5O. The molecular weight excluding hydrogens is 326 g/mol. The largest absolute Gasteiger partial charge is 0.334 e. The molecule has 0 saturated carbocycles. The summed E-state index contributed by atoms with van der Waals surface area (Å²) in [6, 6.07) is 14.0. The molecule has 0 radical (unpaired) electrons. The molecule has 4 aromatic rings. The third-order valence-corrected chi connectivity index (χ3v) is 4.59. The van der Waals surface area contributed by atoms with Gasteiger partial charge in [0.1, 0.15) is 5.69 Å². The number of amides is 1. The molecule has 1 amide bonds. The zero-order valence-electron chi connectivity index (χ0n) is 14.9. The molecule has 0 aliphatic carbocycles. The highest BCUT2D eigenvalue weighted by molar-refractivity contribution is 6.03. The van der Waals surface area contributed by atoms with Crippen LogP contribution < -0.4 is 5.32 Å². The molecule has 6 nitrogen and oxygen atoms in total. The van der Waals surface area contributed by atoms with Crippen LogP contribution in [-0.2, 0) is 14.1 Å². The lowest BCUT2D eigenvalue weighted by Gasteiger charge is -2.11. The van der Waals surface area contributed by atoms with E-state index in [0.717, 1.165) is 33.4 Å². The van der Waals surface area contributed by atoms with Crippen LogP contribution in [0.2, 0.25) is 0 Å². The fourth-order valence-electron chi connectivity index (χ4n) is 3.07. The van der Waals surface area contributed by atoms with Gasteiger partial charge in [0.2, 0.25) is 0 Å². The molecule has 1 N–H and O–H groups in total. The summed E-state index contributed by atoms with van der Waals surface area (Å²) in [6.07, 6.45) is 3.43. The fraction of sp³-hybridized carbons (Fsp3) is 0.150. The smallest absolute Gasteiger partial charge is 0.273 e. The van der Waals surface area contributed by atoms with E-state index in [1.807, 2.05) is 43.1 Å². The summed E-state index contributed by atoms with van der Waals surface area (Å²) in [4.78, 5) is 16.7. The number of carbonyl (C=O) groups is 1.